The molecule has 0 saturated heterocycles. The van der Waals surface area contributed by atoms with Gasteiger partial charge in [-0.2, -0.15) is 0 Å². The molecule has 0 bridgehead atoms. The van der Waals surface area contributed by atoms with Crippen LogP contribution in [0.4, 0.5) is 4.39 Å². The number of hydrogen-bond donors (Lipinski definition) is 3. The first-order valence-corrected chi connectivity index (χ1v) is 12.8. The highest BCUT2D eigenvalue weighted by Crippen LogP contribution is 2.35. The number of carboxylic acid groups (broad SMARTS) is 1. The fraction of sp³-hybridized carbons (Fsp3) is 0.500. The fourth-order valence-electron chi connectivity index (χ4n) is 2.34. The van der Waals surface area contributed by atoms with Crippen molar-refractivity contribution in [3.8, 4) is 11.5 Å². The molecule has 0 spiro atoms. The normalized spacial score (nSPS) is 13.4. The number of rotatable bonds is 7. The maximum absolute atomic E-state index is 13.1. The molecule has 0 aliphatic rings. The van der Waals surface area contributed by atoms with Crippen molar-refractivity contribution in [1.82, 2.24) is 10.6 Å². The second-order valence-electron chi connectivity index (χ2n) is 8.86. The molecule has 8 heteroatoms. The molecule has 30 heavy (non-hydrogen) atoms. The van der Waals surface area contributed by atoms with Crippen LogP contribution < -0.4 is 10.6 Å². The van der Waals surface area contributed by atoms with E-state index in [1.165, 1.54) is 31.2 Å². The minimum Gasteiger partial charge on any atom is -0.480 e. The summed E-state index contributed by atoms with van der Waals surface area (Å²) in [6, 6.07) is 3.36. The average Bonchev–Trinajstić information content (AvgIpc) is 2.60. The Morgan fingerprint density at radius 1 is 1.10 bits per heavy atom. The maximum Gasteiger partial charge on any atom is 0.327 e. The van der Waals surface area contributed by atoms with E-state index in [-0.39, 0.29) is 17.9 Å². The molecule has 2 amide bonds. The molecule has 0 aromatic heterocycles. The number of nitrogens with one attached hydrogen (secondary N) is 2. The Balaban J connectivity index is 2.93. The second kappa shape index (κ2) is 10.4. The quantitative estimate of drug-likeness (QED) is 0.454. The molecule has 0 saturated carbocycles. The third-order valence-corrected chi connectivity index (χ3v) is 9.80. The van der Waals surface area contributed by atoms with Crippen molar-refractivity contribution in [2.45, 2.75) is 70.8 Å². The zero-order chi connectivity index (χ0) is 23.1. The van der Waals surface area contributed by atoms with E-state index >= 15 is 0 Å². The van der Waals surface area contributed by atoms with Crippen LogP contribution in [-0.4, -0.2) is 43.0 Å². The van der Waals surface area contributed by atoms with Gasteiger partial charge in [0.15, 0.2) is 0 Å². The third-order valence-electron chi connectivity index (χ3n) is 5.24. The smallest absolute Gasteiger partial charge is 0.327 e. The van der Waals surface area contributed by atoms with Crippen molar-refractivity contribution >= 4 is 25.9 Å². The highest BCUT2D eigenvalue weighted by Gasteiger charge is 2.34. The largest absolute Gasteiger partial charge is 0.480 e. The van der Waals surface area contributed by atoms with Gasteiger partial charge in [-0.3, -0.25) is 9.59 Å². The van der Waals surface area contributed by atoms with Crippen LogP contribution in [0.5, 0.6) is 0 Å². The summed E-state index contributed by atoms with van der Waals surface area (Å²) in [6.45, 7) is 11.8. The van der Waals surface area contributed by atoms with Gasteiger partial charge in [-0.1, -0.05) is 46.0 Å². The number of carboxylic acids is 1. The van der Waals surface area contributed by atoms with Gasteiger partial charge in [-0.05, 0) is 22.7 Å². The summed E-state index contributed by atoms with van der Waals surface area (Å²) in [5.41, 5.74) is 3.87. The van der Waals surface area contributed by atoms with Crippen LogP contribution in [0.3, 0.4) is 0 Å². The van der Waals surface area contributed by atoms with E-state index in [1.54, 1.807) is 0 Å². The van der Waals surface area contributed by atoms with Gasteiger partial charge < -0.3 is 15.7 Å². The van der Waals surface area contributed by atoms with Gasteiger partial charge in [0.05, 0.1) is 0 Å². The van der Waals surface area contributed by atoms with Gasteiger partial charge >= 0.3 is 5.97 Å². The lowest BCUT2D eigenvalue weighted by molar-refractivity contribution is -0.142. The van der Waals surface area contributed by atoms with Crippen molar-refractivity contribution in [2.75, 3.05) is 0 Å². The molecule has 0 fully saturated rings. The molecule has 3 N–H and O–H groups in total. The van der Waals surface area contributed by atoms with Crippen LogP contribution in [0.1, 0.15) is 39.7 Å². The lowest BCUT2D eigenvalue weighted by Crippen LogP contribution is -2.52. The first-order chi connectivity index (χ1) is 13.7. The van der Waals surface area contributed by atoms with Gasteiger partial charge in [0.25, 0.3) is 0 Å². The monoisotopic (exact) mass is 434 g/mol. The summed E-state index contributed by atoms with van der Waals surface area (Å²) in [4.78, 5) is 35.8. The molecular formula is C22H31FN2O4Si. The van der Waals surface area contributed by atoms with Crippen LogP contribution >= 0.6 is 0 Å². The molecule has 2 atom stereocenters. The third kappa shape index (κ3) is 7.99. The molecule has 0 heterocycles. The van der Waals surface area contributed by atoms with Crippen molar-refractivity contribution in [2.24, 2.45) is 0 Å². The number of aliphatic carboxylic acids is 1. The predicted molar refractivity (Wildman–Crippen MR) is 117 cm³/mol. The number of carbonyl (C=O) groups is 3. The Kier molecular flexibility index (Phi) is 8.79. The highest BCUT2D eigenvalue weighted by atomic mass is 28.3. The summed E-state index contributed by atoms with van der Waals surface area (Å²) >= 11 is 0. The van der Waals surface area contributed by atoms with Gasteiger partial charge in [-0.25, -0.2) is 9.18 Å². The fourth-order valence-corrected chi connectivity index (χ4v) is 3.26. The van der Waals surface area contributed by atoms with E-state index < -0.39 is 43.8 Å². The van der Waals surface area contributed by atoms with Crippen LogP contribution in [0, 0.1) is 17.3 Å². The van der Waals surface area contributed by atoms with Gasteiger partial charge in [-0.15, -0.1) is 11.5 Å². The van der Waals surface area contributed by atoms with E-state index in [0.29, 0.717) is 5.56 Å². The Hall–Kier alpha value is -2.66. The Bertz CT molecular complexity index is 835. The number of hydrogen-bond acceptors (Lipinski definition) is 3. The number of halogens is 1. The van der Waals surface area contributed by atoms with Gasteiger partial charge in [0.1, 0.15) is 26.0 Å². The van der Waals surface area contributed by atoms with Crippen LogP contribution in [0.2, 0.25) is 18.1 Å². The predicted octanol–water partition coefficient (Wildman–Crippen LogP) is 2.88. The van der Waals surface area contributed by atoms with Crippen LogP contribution in [-0.2, 0) is 20.8 Å². The molecule has 0 unspecified atom stereocenters. The Morgan fingerprint density at radius 3 is 2.13 bits per heavy atom. The molecule has 6 nitrogen and oxygen atoms in total. The molecule has 1 aromatic carbocycles. The summed E-state index contributed by atoms with van der Waals surface area (Å²) in [6.07, 6.45) is 0.0740. The SMILES string of the molecule is CC(=O)N[C@@H](Cc1ccc(F)cc1)C(=O)N[C@@H](CC#C[Si](C)(C)C(C)(C)C)C(=O)O. The highest BCUT2D eigenvalue weighted by molar-refractivity contribution is 6.87. The Labute approximate surface area is 178 Å². The zero-order valence-electron chi connectivity index (χ0n) is 18.4. The maximum atomic E-state index is 13.1. The lowest BCUT2D eigenvalue weighted by atomic mass is 10.0. The minimum absolute atomic E-state index is 0.0308. The zero-order valence-corrected chi connectivity index (χ0v) is 19.4. The summed E-state index contributed by atoms with van der Waals surface area (Å²) in [5.74, 6) is 0.275. The van der Waals surface area contributed by atoms with Crippen LogP contribution in [0.25, 0.3) is 0 Å². The van der Waals surface area contributed by atoms with Gasteiger partial charge in [0.2, 0.25) is 11.8 Å². The molecule has 164 valence electrons. The second-order valence-corrected chi connectivity index (χ2v) is 13.9. The molecule has 0 aliphatic heterocycles. The van der Waals surface area contributed by atoms with E-state index in [9.17, 15) is 23.9 Å². The number of benzene rings is 1. The average molecular weight is 435 g/mol. The summed E-state index contributed by atoms with van der Waals surface area (Å²) in [5, 5.41) is 14.5. The summed E-state index contributed by atoms with van der Waals surface area (Å²) < 4.78 is 13.1. The van der Waals surface area contributed by atoms with Crippen molar-refractivity contribution < 1.29 is 23.9 Å². The standard InChI is InChI=1S/C22H31FN2O4Si/c1-15(26)24-19(14-16-9-11-17(23)12-10-16)20(27)25-18(21(28)29)8-7-13-30(5,6)22(2,3)4/h9-12,18-19H,8,14H2,1-6H3,(H,24,26)(H,25,27)(H,28,29)/t18-,19-/m0/s1. The van der Waals surface area contributed by atoms with Gasteiger partial charge in [0, 0.05) is 19.8 Å². The van der Waals surface area contributed by atoms with Crippen LogP contribution in [0.15, 0.2) is 24.3 Å². The van der Waals surface area contributed by atoms with E-state index in [2.05, 4.69) is 56.0 Å². The van der Waals surface area contributed by atoms with Crippen molar-refractivity contribution in [3.63, 3.8) is 0 Å². The Morgan fingerprint density at radius 2 is 1.67 bits per heavy atom. The first kappa shape index (κ1) is 25.4. The number of amides is 2. The van der Waals surface area contributed by atoms with E-state index in [0.717, 1.165) is 0 Å². The van der Waals surface area contributed by atoms with Crippen molar-refractivity contribution in [1.29, 1.82) is 0 Å². The lowest BCUT2D eigenvalue weighted by Gasteiger charge is -2.31. The molecule has 1 rings (SSSR count). The first-order valence-electron chi connectivity index (χ1n) is 9.77. The molecule has 0 aliphatic carbocycles. The van der Waals surface area contributed by atoms with E-state index in [4.69, 9.17) is 0 Å². The van der Waals surface area contributed by atoms with Crippen molar-refractivity contribution in [3.05, 3.63) is 35.6 Å². The molecule has 0 radical (unpaired) electrons. The molecule has 1 aromatic rings. The van der Waals surface area contributed by atoms with E-state index in [1.807, 2.05) is 0 Å². The molecular weight excluding hydrogens is 403 g/mol. The minimum atomic E-state index is -1.90. The topological polar surface area (TPSA) is 95.5 Å². The summed E-state index contributed by atoms with van der Waals surface area (Å²) in [7, 11) is -1.90. The number of carbonyl (C=O) groups excluding carboxylic acids is 2.